The van der Waals surface area contributed by atoms with Crippen molar-refractivity contribution >= 4 is 5.84 Å². The molecule has 1 unspecified atom stereocenters. The molecule has 0 bridgehead atoms. The highest BCUT2D eigenvalue weighted by atomic mass is 16.4. The van der Waals surface area contributed by atoms with Gasteiger partial charge in [-0.2, -0.15) is 0 Å². The molecule has 4 nitrogen and oxygen atoms in total. The number of amidine groups is 1. The van der Waals surface area contributed by atoms with Gasteiger partial charge in [0.15, 0.2) is 0 Å². The zero-order valence-electron chi connectivity index (χ0n) is 10.1. The highest BCUT2D eigenvalue weighted by Crippen LogP contribution is 2.48. The first-order valence-corrected chi connectivity index (χ1v) is 6.33. The minimum absolute atomic E-state index is 0.286. The third kappa shape index (κ3) is 3.37. The Morgan fingerprint density at radius 1 is 1.56 bits per heavy atom. The van der Waals surface area contributed by atoms with Crippen LogP contribution < -0.4 is 11.1 Å². The zero-order valence-corrected chi connectivity index (χ0v) is 10.1. The normalized spacial score (nSPS) is 25.4. The fourth-order valence-corrected chi connectivity index (χ4v) is 2.34. The fraction of sp³-hybridized carbons (Fsp3) is 0.917. The van der Waals surface area contributed by atoms with Crippen LogP contribution in [0, 0.1) is 11.3 Å². The number of nitrogens with zero attached hydrogens (tertiary/aromatic N) is 1. The molecular formula is C12H23N3O. The highest BCUT2D eigenvalue weighted by Gasteiger charge is 2.43. The second kappa shape index (κ2) is 4.62. The number of oxime groups is 1. The number of rotatable bonds is 7. The van der Waals surface area contributed by atoms with Crippen LogP contribution in [0.4, 0.5) is 0 Å². The van der Waals surface area contributed by atoms with Crippen molar-refractivity contribution in [1.29, 1.82) is 0 Å². The fourth-order valence-electron chi connectivity index (χ4n) is 2.34. The Hall–Kier alpha value is -0.770. The topological polar surface area (TPSA) is 70.6 Å². The molecule has 0 saturated heterocycles. The van der Waals surface area contributed by atoms with Crippen molar-refractivity contribution < 1.29 is 5.21 Å². The first-order valence-electron chi connectivity index (χ1n) is 6.33. The Balaban J connectivity index is 1.67. The molecule has 0 amide bonds. The van der Waals surface area contributed by atoms with E-state index in [0.717, 1.165) is 18.9 Å². The maximum Gasteiger partial charge on any atom is 0.139 e. The quantitative estimate of drug-likeness (QED) is 0.267. The summed E-state index contributed by atoms with van der Waals surface area (Å²) in [6.45, 7) is 3.27. The Bertz CT molecular complexity index is 269. The molecule has 0 aromatic heterocycles. The van der Waals surface area contributed by atoms with Crippen LogP contribution in [-0.4, -0.2) is 23.6 Å². The second-order valence-electron chi connectivity index (χ2n) is 5.73. The highest BCUT2D eigenvalue weighted by molar-refractivity contribution is 5.80. The lowest BCUT2D eigenvalue weighted by Crippen LogP contribution is -2.34. The molecule has 16 heavy (non-hydrogen) atoms. The molecule has 2 aliphatic carbocycles. The standard InChI is InChI=1S/C12H23N3O/c1-9(6-10-2-3-10)14-8-12(4-5-12)7-11(13)15-16/h9-10,14,16H,2-8H2,1H3,(H2,13,15). The molecule has 92 valence electrons. The van der Waals surface area contributed by atoms with Gasteiger partial charge in [0.1, 0.15) is 5.84 Å². The van der Waals surface area contributed by atoms with Crippen LogP contribution in [0.5, 0.6) is 0 Å². The summed E-state index contributed by atoms with van der Waals surface area (Å²) in [7, 11) is 0. The average molecular weight is 225 g/mol. The van der Waals surface area contributed by atoms with E-state index in [1.54, 1.807) is 0 Å². The van der Waals surface area contributed by atoms with E-state index in [4.69, 9.17) is 10.9 Å². The SMILES string of the molecule is CC(CC1CC1)NCC1(CC(N)=NO)CC1. The lowest BCUT2D eigenvalue weighted by molar-refractivity contribution is 0.313. The van der Waals surface area contributed by atoms with Crippen LogP contribution in [0.3, 0.4) is 0 Å². The molecular weight excluding hydrogens is 202 g/mol. The molecule has 4 N–H and O–H groups in total. The summed E-state index contributed by atoms with van der Waals surface area (Å²) in [6, 6.07) is 0.609. The molecule has 1 atom stereocenters. The Morgan fingerprint density at radius 2 is 2.25 bits per heavy atom. The maximum atomic E-state index is 8.57. The molecule has 0 aromatic carbocycles. The zero-order chi connectivity index (χ0) is 11.6. The first kappa shape index (κ1) is 11.7. The van der Waals surface area contributed by atoms with Crippen LogP contribution in [0.15, 0.2) is 5.16 Å². The van der Waals surface area contributed by atoms with Gasteiger partial charge in [0.25, 0.3) is 0 Å². The van der Waals surface area contributed by atoms with Gasteiger partial charge in [0, 0.05) is 19.0 Å². The molecule has 0 aromatic rings. The van der Waals surface area contributed by atoms with Gasteiger partial charge in [-0.05, 0) is 37.5 Å². The minimum atomic E-state index is 0.286. The molecule has 2 rings (SSSR count). The predicted molar refractivity (Wildman–Crippen MR) is 64.5 cm³/mol. The van der Waals surface area contributed by atoms with Gasteiger partial charge in [-0.3, -0.25) is 0 Å². The van der Waals surface area contributed by atoms with Crippen molar-refractivity contribution in [2.24, 2.45) is 22.2 Å². The van der Waals surface area contributed by atoms with E-state index in [2.05, 4.69) is 17.4 Å². The van der Waals surface area contributed by atoms with Crippen LogP contribution in [0.25, 0.3) is 0 Å². The van der Waals surface area contributed by atoms with Gasteiger partial charge in [-0.1, -0.05) is 18.0 Å². The average Bonchev–Trinajstić information content (AvgIpc) is 3.13. The Labute approximate surface area is 97.3 Å². The van der Waals surface area contributed by atoms with E-state index in [1.807, 2.05) is 0 Å². The summed E-state index contributed by atoms with van der Waals surface area (Å²) in [5.41, 5.74) is 5.85. The van der Waals surface area contributed by atoms with Gasteiger partial charge < -0.3 is 16.3 Å². The van der Waals surface area contributed by atoms with Crippen molar-refractivity contribution in [3.63, 3.8) is 0 Å². The Kier molecular flexibility index (Phi) is 3.38. The van der Waals surface area contributed by atoms with Gasteiger partial charge >= 0.3 is 0 Å². The third-order valence-electron chi connectivity index (χ3n) is 3.85. The molecule has 0 aliphatic heterocycles. The van der Waals surface area contributed by atoms with E-state index in [9.17, 15) is 0 Å². The Morgan fingerprint density at radius 3 is 2.75 bits per heavy atom. The minimum Gasteiger partial charge on any atom is -0.409 e. The van der Waals surface area contributed by atoms with Gasteiger partial charge in [0.05, 0.1) is 0 Å². The molecule has 2 fully saturated rings. The number of hydrogen-bond donors (Lipinski definition) is 3. The second-order valence-corrected chi connectivity index (χ2v) is 5.73. The predicted octanol–water partition coefficient (Wildman–Crippen LogP) is 1.68. The third-order valence-corrected chi connectivity index (χ3v) is 3.85. The smallest absolute Gasteiger partial charge is 0.139 e. The lowest BCUT2D eigenvalue weighted by Gasteiger charge is -2.19. The summed E-state index contributed by atoms with van der Waals surface area (Å²) in [4.78, 5) is 0. The van der Waals surface area contributed by atoms with Gasteiger partial charge in [-0.25, -0.2) is 0 Å². The first-order chi connectivity index (χ1) is 7.63. The van der Waals surface area contributed by atoms with Crippen molar-refractivity contribution in [2.45, 2.75) is 51.5 Å². The van der Waals surface area contributed by atoms with E-state index in [1.165, 1.54) is 32.1 Å². The summed E-state index contributed by atoms with van der Waals surface area (Å²) in [5, 5.41) is 15.2. The molecule has 0 heterocycles. The largest absolute Gasteiger partial charge is 0.409 e. The van der Waals surface area contributed by atoms with E-state index in [-0.39, 0.29) is 5.41 Å². The summed E-state index contributed by atoms with van der Waals surface area (Å²) >= 11 is 0. The van der Waals surface area contributed by atoms with Crippen LogP contribution >= 0.6 is 0 Å². The molecule has 0 spiro atoms. The lowest BCUT2D eigenvalue weighted by atomic mass is 10.0. The van der Waals surface area contributed by atoms with Crippen LogP contribution in [0.2, 0.25) is 0 Å². The van der Waals surface area contributed by atoms with E-state index in [0.29, 0.717) is 11.9 Å². The molecule has 0 radical (unpaired) electrons. The monoisotopic (exact) mass is 225 g/mol. The summed E-state index contributed by atoms with van der Waals surface area (Å²) in [5.74, 6) is 1.34. The van der Waals surface area contributed by atoms with Crippen LogP contribution in [0.1, 0.15) is 45.4 Å². The van der Waals surface area contributed by atoms with E-state index < -0.39 is 0 Å². The van der Waals surface area contributed by atoms with E-state index >= 15 is 0 Å². The molecule has 2 aliphatic rings. The summed E-state index contributed by atoms with van der Waals surface area (Å²) < 4.78 is 0. The van der Waals surface area contributed by atoms with Crippen molar-refractivity contribution in [3.8, 4) is 0 Å². The number of hydrogen-bond acceptors (Lipinski definition) is 3. The molecule has 4 heteroatoms. The number of nitrogens with one attached hydrogen (secondary N) is 1. The van der Waals surface area contributed by atoms with Gasteiger partial charge in [0.2, 0.25) is 0 Å². The van der Waals surface area contributed by atoms with Crippen molar-refractivity contribution in [2.75, 3.05) is 6.54 Å². The maximum absolute atomic E-state index is 8.57. The van der Waals surface area contributed by atoms with Crippen molar-refractivity contribution in [1.82, 2.24) is 5.32 Å². The summed E-state index contributed by atoms with van der Waals surface area (Å²) in [6.07, 6.45) is 7.27. The number of nitrogens with two attached hydrogens (primary N) is 1. The van der Waals surface area contributed by atoms with Crippen molar-refractivity contribution in [3.05, 3.63) is 0 Å². The molecule has 2 saturated carbocycles. The van der Waals surface area contributed by atoms with Crippen LogP contribution in [-0.2, 0) is 0 Å². The van der Waals surface area contributed by atoms with Gasteiger partial charge in [-0.15, -0.1) is 0 Å².